The molecule has 0 heterocycles. The lowest BCUT2D eigenvalue weighted by Gasteiger charge is -2.17. The van der Waals surface area contributed by atoms with Gasteiger partial charge in [0.2, 0.25) is 0 Å². The van der Waals surface area contributed by atoms with Crippen molar-refractivity contribution in [2.75, 3.05) is 0 Å². The predicted molar refractivity (Wildman–Crippen MR) is 40.5 cm³/mol. The van der Waals surface area contributed by atoms with E-state index in [2.05, 4.69) is 4.43 Å². The second-order valence-corrected chi connectivity index (χ2v) is 3.53. The minimum Gasteiger partial charge on any atom is -0.277 e. The van der Waals surface area contributed by atoms with Gasteiger partial charge in [0.05, 0.1) is 0 Å². The van der Waals surface area contributed by atoms with Crippen LogP contribution in [0.2, 0.25) is 0 Å². The molecule has 78 valence electrons. The van der Waals surface area contributed by atoms with Crippen LogP contribution in [0.1, 0.15) is 5.56 Å². The van der Waals surface area contributed by atoms with Crippen LogP contribution < -0.4 is 0 Å². The molecule has 0 spiro atoms. The quantitative estimate of drug-likeness (QED) is 0.439. The lowest BCUT2D eigenvalue weighted by Crippen LogP contribution is -2.32. The van der Waals surface area contributed by atoms with E-state index in [1.165, 1.54) is 18.2 Å². The summed E-state index contributed by atoms with van der Waals surface area (Å²) in [7, 11) is -6.73. The third-order valence-corrected chi connectivity index (χ3v) is 1.84. The van der Waals surface area contributed by atoms with Gasteiger partial charge in [0, 0.05) is 5.56 Å². The fourth-order valence-corrected chi connectivity index (χ4v) is 1.24. The van der Waals surface area contributed by atoms with Gasteiger partial charge in [0.25, 0.3) is 0 Å². The van der Waals surface area contributed by atoms with Crippen LogP contribution in [0.5, 0.6) is 0 Å². The Labute approximate surface area is 77.8 Å². The van der Waals surface area contributed by atoms with E-state index in [0.29, 0.717) is 0 Å². The van der Waals surface area contributed by atoms with E-state index in [1.54, 1.807) is 0 Å². The first-order valence-corrected chi connectivity index (χ1v) is 5.06. The minimum absolute atomic E-state index is 0.801. The van der Waals surface area contributed by atoms with Crippen molar-refractivity contribution in [3.63, 3.8) is 0 Å². The predicted octanol–water partition coefficient (Wildman–Crippen LogP) is 3.10. The van der Waals surface area contributed by atoms with E-state index in [4.69, 9.17) is 0 Å². The van der Waals surface area contributed by atoms with Crippen LogP contribution in [0.15, 0.2) is 30.3 Å². The van der Waals surface area contributed by atoms with Gasteiger partial charge in [0.15, 0.2) is 0 Å². The number of rotatable bonds is 3. The molecule has 0 fully saturated rings. The molecule has 0 aliphatic heterocycles. The van der Waals surface area contributed by atoms with Crippen LogP contribution in [0.25, 0.3) is 0 Å². The van der Waals surface area contributed by atoms with Crippen molar-refractivity contribution in [3.8, 4) is 0 Å². The molecule has 1 nitrogen and oxygen atoms in total. The average Bonchev–Trinajstić information content (AvgIpc) is 2.01. The van der Waals surface area contributed by atoms with Gasteiger partial charge in [-0.2, -0.15) is 8.78 Å². The molecule has 0 saturated carbocycles. The molecule has 1 aromatic rings. The highest BCUT2D eigenvalue weighted by molar-refractivity contribution is 6.51. The lowest BCUT2D eigenvalue weighted by atomic mass is 10.2. The molecule has 0 radical (unpaired) electrons. The normalized spacial score (nSPS) is 12.9. The van der Waals surface area contributed by atoms with Crippen molar-refractivity contribution in [2.24, 2.45) is 0 Å². The first kappa shape index (κ1) is 11.1. The van der Waals surface area contributed by atoms with Crippen LogP contribution in [0.4, 0.5) is 21.1 Å². The van der Waals surface area contributed by atoms with Gasteiger partial charge in [-0.1, -0.05) is 30.3 Å². The van der Waals surface area contributed by atoms with Crippen molar-refractivity contribution in [1.29, 1.82) is 0 Å². The second-order valence-electron chi connectivity index (χ2n) is 2.43. The van der Waals surface area contributed by atoms with E-state index in [1.807, 2.05) is 0 Å². The van der Waals surface area contributed by atoms with Crippen molar-refractivity contribution in [1.82, 2.24) is 0 Å². The molecule has 0 amide bonds. The van der Waals surface area contributed by atoms with Crippen LogP contribution >= 0.6 is 0 Å². The molecule has 0 bridgehead atoms. The van der Waals surface area contributed by atoms with E-state index in [9.17, 15) is 21.1 Å². The van der Waals surface area contributed by atoms with E-state index < -0.39 is 21.0 Å². The second kappa shape index (κ2) is 3.66. The fraction of sp³-hybridized carbons (Fsp3) is 0.143. The zero-order valence-corrected chi connectivity index (χ0v) is 7.68. The Morgan fingerprint density at radius 3 is 1.93 bits per heavy atom. The summed E-state index contributed by atoms with van der Waals surface area (Å²) in [4.78, 5) is 0. The summed E-state index contributed by atoms with van der Waals surface area (Å²) in [6, 6.07) is 5.60. The molecule has 0 N–H and O–H groups in total. The van der Waals surface area contributed by atoms with Gasteiger partial charge < -0.3 is 0 Å². The van der Waals surface area contributed by atoms with Gasteiger partial charge in [-0.15, -0.1) is 0 Å². The van der Waals surface area contributed by atoms with Crippen molar-refractivity contribution >= 4 is 9.32 Å². The van der Waals surface area contributed by atoms with E-state index in [-0.39, 0.29) is 0 Å². The molecule has 1 aromatic carbocycles. The molecule has 0 aliphatic rings. The SMILES string of the molecule is FC(F)(O[Si](F)(F)F)c1ccccc1. The van der Waals surface area contributed by atoms with Crippen LogP contribution in [-0.2, 0) is 10.5 Å². The molecule has 0 saturated heterocycles. The first-order chi connectivity index (χ1) is 6.31. The standard InChI is InChI=1S/C7H5F5OSi/c8-7(9,13-14(10,11)12)6-4-2-1-3-5-6/h1-5H. The van der Waals surface area contributed by atoms with Gasteiger partial charge in [-0.25, -0.2) is 12.3 Å². The molecule has 1 rings (SSSR count). The highest BCUT2D eigenvalue weighted by Gasteiger charge is 2.52. The maximum atomic E-state index is 12.7. The summed E-state index contributed by atoms with van der Waals surface area (Å²) in [5, 5.41) is 0. The zero-order chi connectivity index (χ0) is 10.8. The summed E-state index contributed by atoms with van der Waals surface area (Å²) in [5.41, 5.74) is -0.801. The first-order valence-electron chi connectivity index (χ1n) is 3.51. The van der Waals surface area contributed by atoms with Crippen molar-refractivity contribution in [2.45, 2.75) is 6.11 Å². The van der Waals surface area contributed by atoms with Crippen molar-refractivity contribution in [3.05, 3.63) is 35.9 Å². The molecule has 0 aliphatic carbocycles. The minimum atomic E-state index is -6.73. The molecule has 14 heavy (non-hydrogen) atoms. The summed E-state index contributed by atoms with van der Waals surface area (Å²) < 4.78 is 63.3. The molecule has 7 heteroatoms. The van der Waals surface area contributed by atoms with E-state index in [0.717, 1.165) is 12.1 Å². The number of halogens is 5. The Bertz CT molecular complexity index is 297. The third-order valence-electron chi connectivity index (χ3n) is 1.35. The maximum absolute atomic E-state index is 12.7. The number of hydrogen-bond donors (Lipinski definition) is 0. The Kier molecular flexibility index (Phi) is 2.91. The number of benzene rings is 1. The average molecular weight is 228 g/mol. The molecular formula is C7H5F5OSi. The monoisotopic (exact) mass is 228 g/mol. The largest absolute Gasteiger partial charge is 0.807 e. The number of alkyl halides is 2. The van der Waals surface area contributed by atoms with Crippen LogP contribution in [0, 0.1) is 0 Å². The highest BCUT2D eigenvalue weighted by atomic mass is 28.5. The molecule has 0 unspecified atom stereocenters. The van der Waals surface area contributed by atoms with Crippen LogP contribution in [-0.4, -0.2) is 9.32 Å². The summed E-state index contributed by atoms with van der Waals surface area (Å²) in [6.07, 6.45) is -4.29. The van der Waals surface area contributed by atoms with E-state index >= 15 is 0 Å². The van der Waals surface area contributed by atoms with Gasteiger partial charge >= 0.3 is 15.4 Å². The smallest absolute Gasteiger partial charge is 0.277 e. The Hall–Kier alpha value is -0.953. The highest BCUT2D eigenvalue weighted by Crippen LogP contribution is 2.33. The Morgan fingerprint density at radius 1 is 1.00 bits per heavy atom. The summed E-state index contributed by atoms with van der Waals surface area (Å²) in [6.45, 7) is 0. The zero-order valence-electron chi connectivity index (χ0n) is 6.68. The summed E-state index contributed by atoms with van der Waals surface area (Å²) in [5.74, 6) is 0. The molecule has 0 aromatic heterocycles. The maximum Gasteiger partial charge on any atom is 0.807 e. The summed E-state index contributed by atoms with van der Waals surface area (Å²) >= 11 is 0. The Balaban J connectivity index is 2.86. The molecular weight excluding hydrogens is 223 g/mol. The van der Waals surface area contributed by atoms with Crippen LogP contribution in [0.3, 0.4) is 0 Å². The Morgan fingerprint density at radius 2 is 1.50 bits per heavy atom. The van der Waals surface area contributed by atoms with Gasteiger partial charge in [0.1, 0.15) is 0 Å². The van der Waals surface area contributed by atoms with Crippen molar-refractivity contribution < 1.29 is 25.5 Å². The number of hydrogen-bond acceptors (Lipinski definition) is 1. The third kappa shape index (κ3) is 3.07. The molecule has 0 atom stereocenters. The lowest BCUT2D eigenvalue weighted by molar-refractivity contribution is -0.211. The van der Waals surface area contributed by atoms with Gasteiger partial charge in [-0.3, -0.25) is 4.43 Å². The van der Waals surface area contributed by atoms with Gasteiger partial charge in [-0.05, 0) is 0 Å². The topological polar surface area (TPSA) is 9.23 Å². The fourth-order valence-electron chi connectivity index (χ4n) is 0.836.